The summed E-state index contributed by atoms with van der Waals surface area (Å²) in [6.07, 6.45) is 0.456. The molecule has 1 rings (SSSR count). The minimum atomic E-state index is -0.249. The van der Waals surface area contributed by atoms with Crippen molar-refractivity contribution < 1.29 is 19.1 Å². The maximum atomic E-state index is 11.7. The number of carbonyl (C=O) groups excluding carboxylic acids is 2. The monoisotopic (exact) mass is 322 g/mol. The second-order valence-electron chi connectivity index (χ2n) is 6.38. The summed E-state index contributed by atoms with van der Waals surface area (Å²) in [6.45, 7) is 6.67. The zero-order valence-corrected chi connectivity index (χ0v) is 14.3. The third-order valence-electron chi connectivity index (χ3n) is 2.89. The quantitative estimate of drug-likeness (QED) is 0.715. The number of carbonyl (C=O) groups is 2. The summed E-state index contributed by atoms with van der Waals surface area (Å²) in [5.41, 5.74) is -0.0457. The standard InChI is InChI=1S/C17H26N2O4/c1-17(2,3)11-15(20)18-9-10-19-16(21)12-23-14-8-6-5-7-13(14)22-4/h5-8H,9-12H2,1-4H3,(H,18,20)(H,19,21). The van der Waals surface area contributed by atoms with Gasteiger partial charge >= 0.3 is 0 Å². The zero-order chi connectivity index (χ0) is 17.3. The van der Waals surface area contributed by atoms with E-state index >= 15 is 0 Å². The van der Waals surface area contributed by atoms with Gasteiger partial charge in [-0.05, 0) is 17.5 Å². The number of benzene rings is 1. The van der Waals surface area contributed by atoms with E-state index < -0.39 is 0 Å². The summed E-state index contributed by atoms with van der Waals surface area (Å²) in [5, 5.41) is 5.46. The maximum Gasteiger partial charge on any atom is 0.258 e. The molecule has 6 heteroatoms. The fraction of sp³-hybridized carbons (Fsp3) is 0.529. The Kier molecular flexibility index (Phi) is 7.38. The van der Waals surface area contributed by atoms with E-state index in [1.165, 1.54) is 0 Å². The van der Waals surface area contributed by atoms with E-state index in [0.29, 0.717) is 31.0 Å². The largest absolute Gasteiger partial charge is 0.493 e. The number of amides is 2. The molecular formula is C17H26N2O4. The number of ether oxygens (including phenoxy) is 2. The summed E-state index contributed by atoms with van der Waals surface area (Å²) in [5.74, 6) is 0.830. The Morgan fingerprint density at radius 3 is 2.13 bits per heavy atom. The fourth-order valence-electron chi connectivity index (χ4n) is 1.88. The lowest BCUT2D eigenvalue weighted by atomic mass is 9.92. The molecule has 0 spiro atoms. The third-order valence-corrected chi connectivity index (χ3v) is 2.89. The molecule has 0 aliphatic heterocycles. The molecule has 0 heterocycles. The van der Waals surface area contributed by atoms with Crippen LogP contribution in [0.5, 0.6) is 11.5 Å². The molecule has 2 N–H and O–H groups in total. The van der Waals surface area contributed by atoms with E-state index in [0.717, 1.165) is 0 Å². The lowest BCUT2D eigenvalue weighted by molar-refractivity contribution is -0.124. The second-order valence-corrected chi connectivity index (χ2v) is 6.38. The number of hydrogen-bond donors (Lipinski definition) is 2. The van der Waals surface area contributed by atoms with Gasteiger partial charge < -0.3 is 20.1 Å². The highest BCUT2D eigenvalue weighted by molar-refractivity contribution is 5.78. The lowest BCUT2D eigenvalue weighted by Gasteiger charge is -2.17. The van der Waals surface area contributed by atoms with Crippen molar-refractivity contribution in [2.75, 3.05) is 26.8 Å². The smallest absolute Gasteiger partial charge is 0.258 e. The number of hydrogen-bond acceptors (Lipinski definition) is 4. The first-order valence-corrected chi connectivity index (χ1v) is 7.61. The average Bonchev–Trinajstić information content (AvgIpc) is 2.48. The normalized spacial score (nSPS) is 10.8. The van der Waals surface area contributed by atoms with Crippen LogP contribution in [-0.4, -0.2) is 38.6 Å². The molecule has 0 aromatic heterocycles. The van der Waals surface area contributed by atoms with E-state index in [2.05, 4.69) is 10.6 Å². The first-order chi connectivity index (χ1) is 10.8. The minimum Gasteiger partial charge on any atom is -0.493 e. The van der Waals surface area contributed by atoms with Gasteiger partial charge in [-0.3, -0.25) is 9.59 Å². The molecule has 0 saturated carbocycles. The summed E-state index contributed by atoms with van der Waals surface area (Å²) < 4.78 is 10.5. The summed E-state index contributed by atoms with van der Waals surface area (Å²) in [7, 11) is 1.54. The fourth-order valence-corrected chi connectivity index (χ4v) is 1.88. The molecule has 1 aromatic carbocycles. The molecule has 0 unspecified atom stereocenters. The Morgan fingerprint density at radius 2 is 1.57 bits per heavy atom. The SMILES string of the molecule is COc1ccccc1OCC(=O)NCCNC(=O)CC(C)(C)C. The molecule has 0 aliphatic carbocycles. The molecule has 128 valence electrons. The molecule has 0 aliphatic rings. The molecule has 0 atom stereocenters. The van der Waals surface area contributed by atoms with Gasteiger partial charge in [0.1, 0.15) is 0 Å². The number of para-hydroxylation sites is 2. The van der Waals surface area contributed by atoms with Crippen molar-refractivity contribution in [2.24, 2.45) is 5.41 Å². The van der Waals surface area contributed by atoms with Gasteiger partial charge in [-0.25, -0.2) is 0 Å². The van der Waals surface area contributed by atoms with Crippen LogP contribution in [0, 0.1) is 5.41 Å². The van der Waals surface area contributed by atoms with Crippen molar-refractivity contribution in [3.63, 3.8) is 0 Å². The number of rotatable bonds is 8. The first kappa shape index (κ1) is 18.8. The Bertz CT molecular complexity index is 524. The van der Waals surface area contributed by atoms with Crippen LogP contribution in [0.4, 0.5) is 0 Å². The van der Waals surface area contributed by atoms with Gasteiger partial charge in [-0.15, -0.1) is 0 Å². The Morgan fingerprint density at radius 1 is 1.00 bits per heavy atom. The Balaban J connectivity index is 2.21. The van der Waals surface area contributed by atoms with Gasteiger partial charge in [0.25, 0.3) is 5.91 Å². The molecule has 6 nitrogen and oxygen atoms in total. The predicted molar refractivity (Wildman–Crippen MR) is 88.6 cm³/mol. The lowest BCUT2D eigenvalue weighted by Crippen LogP contribution is -2.37. The third kappa shape index (κ3) is 8.09. The summed E-state index contributed by atoms with van der Waals surface area (Å²) in [4.78, 5) is 23.3. The van der Waals surface area contributed by atoms with E-state index in [1.807, 2.05) is 26.8 Å². The maximum absolute atomic E-state index is 11.7. The highest BCUT2D eigenvalue weighted by Gasteiger charge is 2.15. The molecule has 0 radical (unpaired) electrons. The van der Waals surface area contributed by atoms with Gasteiger partial charge in [0.2, 0.25) is 5.91 Å². The van der Waals surface area contributed by atoms with Crippen LogP contribution in [0.25, 0.3) is 0 Å². The van der Waals surface area contributed by atoms with E-state index in [4.69, 9.17) is 9.47 Å². The van der Waals surface area contributed by atoms with Crippen LogP contribution in [0.15, 0.2) is 24.3 Å². The predicted octanol–water partition coefficient (Wildman–Crippen LogP) is 1.74. The van der Waals surface area contributed by atoms with Gasteiger partial charge in [-0.1, -0.05) is 32.9 Å². The molecule has 0 saturated heterocycles. The van der Waals surface area contributed by atoms with Crippen LogP contribution in [0.3, 0.4) is 0 Å². The van der Waals surface area contributed by atoms with Gasteiger partial charge in [-0.2, -0.15) is 0 Å². The van der Waals surface area contributed by atoms with Crippen molar-refractivity contribution in [1.82, 2.24) is 10.6 Å². The van der Waals surface area contributed by atoms with Gasteiger partial charge in [0, 0.05) is 19.5 Å². The van der Waals surface area contributed by atoms with E-state index in [9.17, 15) is 9.59 Å². The number of methoxy groups -OCH3 is 1. The summed E-state index contributed by atoms with van der Waals surface area (Å²) in [6, 6.07) is 7.13. The van der Waals surface area contributed by atoms with Crippen molar-refractivity contribution in [2.45, 2.75) is 27.2 Å². The van der Waals surface area contributed by atoms with Crippen molar-refractivity contribution in [1.29, 1.82) is 0 Å². The first-order valence-electron chi connectivity index (χ1n) is 7.61. The number of nitrogens with one attached hydrogen (secondary N) is 2. The van der Waals surface area contributed by atoms with Crippen LogP contribution in [0.1, 0.15) is 27.2 Å². The minimum absolute atomic E-state index is 0.0166. The molecule has 1 aromatic rings. The highest BCUT2D eigenvalue weighted by atomic mass is 16.5. The van der Waals surface area contributed by atoms with Crippen LogP contribution < -0.4 is 20.1 Å². The van der Waals surface area contributed by atoms with Gasteiger partial charge in [0.05, 0.1) is 7.11 Å². The molecule has 2 amide bonds. The topological polar surface area (TPSA) is 76.7 Å². The van der Waals surface area contributed by atoms with Crippen molar-refractivity contribution >= 4 is 11.8 Å². The van der Waals surface area contributed by atoms with Crippen LogP contribution in [-0.2, 0) is 9.59 Å². The van der Waals surface area contributed by atoms with Gasteiger partial charge in [0.15, 0.2) is 18.1 Å². The molecule has 0 bridgehead atoms. The van der Waals surface area contributed by atoms with E-state index in [1.54, 1.807) is 25.3 Å². The second kappa shape index (κ2) is 9.02. The van der Waals surface area contributed by atoms with Crippen LogP contribution in [0.2, 0.25) is 0 Å². The summed E-state index contributed by atoms with van der Waals surface area (Å²) >= 11 is 0. The van der Waals surface area contributed by atoms with Crippen molar-refractivity contribution in [3.8, 4) is 11.5 Å². The van der Waals surface area contributed by atoms with Crippen molar-refractivity contribution in [3.05, 3.63) is 24.3 Å². The average molecular weight is 322 g/mol. The highest BCUT2D eigenvalue weighted by Crippen LogP contribution is 2.25. The zero-order valence-electron chi connectivity index (χ0n) is 14.3. The van der Waals surface area contributed by atoms with E-state index in [-0.39, 0.29) is 23.8 Å². The van der Waals surface area contributed by atoms with Crippen LogP contribution >= 0.6 is 0 Å². The molecule has 23 heavy (non-hydrogen) atoms. The Labute approximate surface area is 137 Å². The molecule has 0 fully saturated rings. The Hall–Kier alpha value is -2.24. The molecular weight excluding hydrogens is 296 g/mol.